The first-order chi connectivity index (χ1) is 9.11. The maximum atomic E-state index is 12.5. The van der Waals surface area contributed by atoms with Gasteiger partial charge in [-0.15, -0.1) is 0 Å². The summed E-state index contributed by atoms with van der Waals surface area (Å²) in [5.74, 6) is -0.301. The lowest BCUT2D eigenvalue weighted by atomic mass is 10.1. The molecular weight excluding hydrogens is 273 g/mol. The predicted molar refractivity (Wildman–Crippen MR) is 68.1 cm³/mol. The van der Waals surface area contributed by atoms with Crippen molar-refractivity contribution >= 4 is 5.91 Å². The SMILES string of the molecule is CC(C)[C@H](C)NC(=O)Cn1cc(C(F)(F)F)ccc1=O. The van der Waals surface area contributed by atoms with Crippen LogP contribution in [0, 0.1) is 5.92 Å². The second kappa shape index (κ2) is 6.11. The van der Waals surface area contributed by atoms with Gasteiger partial charge in [-0.3, -0.25) is 9.59 Å². The number of alkyl halides is 3. The van der Waals surface area contributed by atoms with E-state index in [4.69, 9.17) is 0 Å². The van der Waals surface area contributed by atoms with E-state index in [9.17, 15) is 22.8 Å². The van der Waals surface area contributed by atoms with Gasteiger partial charge in [0, 0.05) is 18.3 Å². The number of rotatable bonds is 4. The number of aromatic nitrogens is 1. The highest BCUT2D eigenvalue weighted by Crippen LogP contribution is 2.27. The van der Waals surface area contributed by atoms with Gasteiger partial charge in [0.15, 0.2) is 0 Å². The van der Waals surface area contributed by atoms with Crippen molar-refractivity contribution in [3.63, 3.8) is 0 Å². The number of amides is 1. The lowest BCUT2D eigenvalue weighted by Gasteiger charge is -2.18. The third-order valence-electron chi connectivity index (χ3n) is 3.01. The van der Waals surface area contributed by atoms with E-state index < -0.39 is 29.8 Å². The first-order valence-electron chi connectivity index (χ1n) is 6.18. The van der Waals surface area contributed by atoms with Gasteiger partial charge in [0.05, 0.1) is 5.56 Å². The average Bonchev–Trinajstić information content (AvgIpc) is 2.30. The highest BCUT2D eigenvalue weighted by Gasteiger charge is 2.31. The summed E-state index contributed by atoms with van der Waals surface area (Å²) in [5, 5.41) is 2.63. The van der Waals surface area contributed by atoms with Crippen molar-refractivity contribution in [2.75, 3.05) is 0 Å². The van der Waals surface area contributed by atoms with Crippen LogP contribution in [-0.4, -0.2) is 16.5 Å². The molecule has 0 aliphatic heterocycles. The molecule has 1 amide bonds. The molecule has 0 fully saturated rings. The van der Waals surface area contributed by atoms with Gasteiger partial charge in [-0.2, -0.15) is 13.2 Å². The second-order valence-electron chi connectivity index (χ2n) is 4.98. The Kier molecular flexibility index (Phi) is 4.97. The summed E-state index contributed by atoms with van der Waals surface area (Å²) < 4.78 is 38.4. The Morgan fingerprint density at radius 3 is 2.40 bits per heavy atom. The molecule has 112 valence electrons. The van der Waals surface area contributed by atoms with Gasteiger partial charge in [0.2, 0.25) is 5.91 Å². The van der Waals surface area contributed by atoms with Crippen LogP contribution in [0.2, 0.25) is 0 Å². The van der Waals surface area contributed by atoms with Crippen LogP contribution in [0.25, 0.3) is 0 Å². The van der Waals surface area contributed by atoms with Crippen molar-refractivity contribution in [1.82, 2.24) is 9.88 Å². The van der Waals surface area contributed by atoms with Crippen LogP contribution < -0.4 is 10.9 Å². The van der Waals surface area contributed by atoms with E-state index >= 15 is 0 Å². The van der Waals surface area contributed by atoms with Gasteiger partial charge in [0.1, 0.15) is 6.54 Å². The van der Waals surface area contributed by atoms with E-state index in [0.717, 1.165) is 10.6 Å². The Bertz CT molecular complexity index is 535. The molecule has 0 saturated heterocycles. The second-order valence-corrected chi connectivity index (χ2v) is 4.98. The van der Waals surface area contributed by atoms with Crippen LogP contribution in [0.3, 0.4) is 0 Å². The summed E-state index contributed by atoms with van der Waals surface area (Å²) in [4.78, 5) is 23.2. The van der Waals surface area contributed by atoms with Crippen LogP contribution in [-0.2, 0) is 17.5 Å². The molecule has 0 aromatic carbocycles. The van der Waals surface area contributed by atoms with Gasteiger partial charge in [-0.25, -0.2) is 0 Å². The van der Waals surface area contributed by atoms with Gasteiger partial charge in [-0.1, -0.05) is 13.8 Å². The summed E-state index contributed by atoms with van der Waals surface area (Å²) in [5.41, 5.74) is -1.60. The summed E-state index contributed by atoms with van der Waals surface area (Å²) in [6.07, 6.45) is -3.89. The number of nitrogens with one attached hydrogen (secondary N) is 1. The molecule has 20 heavy (non-hydrogen) atoms. The lowest BCUT2D eigenvalue weighted by Crippen LogP contribution is -2.39. The average molecular weight is 290 g/mol. The monoisotopic (exact) mass is 290 g/mol. The predicted octanol–water partition coefficient (Wildman–Crippen LogP) is 2.03. The van der Waals surface area contributed by atoms with Gasteiger partial charge < -0.3 is 9.88 Å². The fourth-order valence-electron chi connectivity index (χ4n) is 1.44. The number of pyridine rings is 1. The van der Waals surface area contributed by atoms with E-state index in [2.05, 4.69) is 5.32 Å². The molecule has 1 rings (SSSR count). The maximum absolute atomic E-state index is 12.5. The molecule has 1 aromatic heterocycles. The molecule has 1 atom stereocenters. The van der Waals surface area contributed by atoms with Crippen LogP contribution in [0.1, 0.15) is 26.3 Å². The standard InChI is InChI=1S/C13H17F3N2O2/c1-8(2)9(3)17-11(19)7-18-6-10(13(14,15)16)4-5-12(18)20/h4-6,8-9H,7H2,1-3H3,(H,17,19)/t9-/m0/s1. The van der Waals surface area contributed by atoms with Crippen LogP contribution >= 0.6 is 0 Å². The van der Waals surface area contributed by atoms with E-state index in [-0.39, 0.29) is 12.0 Å². The van der Waals surface area contributed by atoms with Crippen molar-refractivity contribution in [1.29, 1.82) is 0 Å². The van der Waals surface area contributed by atoms with Gasteiger partial charge in [-0.05, 0) is 18.9 Å². The smallest absolute Gasteiger partial charge is 0.352 e. The van der Waals surface area contributed by atoms with E-state index in [1.807, 2.05) is 13.8 Å². The third kappa shape index (κ3) is 4.40. The highest BCUT2D eigenvalue weighted by molar-refractivity contribution is 5.76. The Balaban J connectivity index is 2.87. The molecule has 0 spiro atoms. The molecule has 0 aliphatic rings. The normalized spacial score (nSPS) is 13.3. The Hall–Kier alpha value is -1.79. The number of carbonyl (C=O) groups is 1. The van der Waals surface area contributed by atoms with E-state index in [1.165, 1.54) is 0 Å². The zero-order chi connectivity index (χ0) is 15.5. The third-order valence-corrected chi connectivity index (χ3v) is 3.01. The Labute approximate surface area is 114 Å². The molecule has 0 saturated carbocycles. The quantitative estimate of drug-likeness (QED) is 0.922. The lowest BCUT2D eigenvalue weighted by molar-refractivity contribution is -0.138. The largest absolute Gasteiger partial charge is 0.417 e. The van der Waals surface area contributed by atoms with Gasteiger partial charge >= 0.3 is 6.18 Å². The van der Waals surface area contributed by atoms with Crippen LogP contribution in [0.15, 0.2) is 23.1 Å². The summed E-state index contributed by atoms with van der Waals surface area (Å²) in [6.45, 7) is 5.17. The number of hydrogen-bond donors (Lipinski definition) is 1. The molecule has 0 bridgehead atoms. The maximum Gasteiger partial charge on any atom is 0.417 e. The van der Waals surface area contributed by atoms with Crippen molar-refractivity contribution in [3.05, 3.63) is 34.2 Å². The fraction of sp³-hybridized carbons (Fsp3) is 0.538. The van der Waals surface area contributed by atoms with Crippen molar-refractivity contribution < 1.29 is 18.0 Å². The fourth-order valence-corrected chi connectivity index (χ4v) is 1.44. The van der Waals surface area contributed by atoms with Crippen molar-refractivity contribution in [2.45, 2.75) is 39.5 Å². The Morgan fingerprint density at radius 1 is 1.30 bits per heavy atom. The number of hydrogen-bond acceptors (Lipinski definition) is 2. The first kappa shape index (κ1) is 16.3. The Morgan fingerprint density at radius 2 is 1.90 bits per heavy atom. The number of nitrogens with zero attached hydrogens (tertiary/aromatic N) is 1. The molecule has 1 heterocycles. The number of halogens is 3. The summed E-state index contributed by atoms with van der Waals surface area (Å²) >= 11 is 0. The van der Waals surface area contributed by atoms with Crippen molar-refractivity contribution in [3.8, 4) is 0 Å². The van der Waals surface area contributed by atoms with Crippen LogP contribution in [0.5, 0.6) is 0 Å². The first-order valence-corrected chi connectivity index (χ1v) is 6.18. The molecule has 0 radical (unpaired) electrons. The zero-order valence-corrected chi connectivity index (χ0v) is 11.5. The molecule has 1 aromatic rings. The van der Waals surface area contributed by atoms with Crippen LogP contribution in [0.4, 0.5) is 13.2 Å². The van der Waals surface area contributed by atoms with Gasteiger partial charge in [0.25, 0.3) is 5.56 Å². The van der Waals surface area contributed by atoms with E-state index in [1.54, 1.807) is 6.92 Å². The summed E-state index contributed by atoms with van der Waals surface area (Å²) in [6, 6.07) is 1.39. The minimum atomic E-state index is -4.54. The minimum absolute atomic E-state index is 0.121. The minimum Gasteiger partial charge on any atom is -0.352 e. The molecule has 0 aliphatic carbocycles. The summed E-state index contributed by atoms with van der Waals surface area (Å²) in [7, 11) is 0. The molecule has 1 N–H and O–H groups in total. The highest BCUT2D eigenvalue weighted by atomic mass is 19.4. The molecule has 4 nitrogen and oxygen atoms in total. The molecule has 0 unspecified atom stereocenters. The number of carbonyl (C=O) groups excluding carboxylic acids is 1. The topological polar surface area (TPSA) is 51.1 Å². The zero-order valence-electron chi connectivity index (χ0n) is 11.5. The van der Waals surface area contributed by atoms with Crippen molar-refractivity contribution in [2.24, 2.45) is 5.92 Å². The molecule has 7 heteroatoms. The molecular formula is C13H17F3N2O2. The van der Waals surface area contributed by atoms with E-state index in [0.29, 0.717) is 12.3 Å².